The smallest absolute Gasteiger partial charge is 0.331 e. The molecular weight excluding hydrogens is 314 g/mol. The van der Waals surface area contributed by atoms with E-state index >= 15 is 0 Å². The van der Waals surface area contributed by atoms with Crippen LogP contribution < -0.4 is 5.32 Å². The fourth-order valence-electron chi connectivity index (χ4n) is 2.21. The van der Waals surface area contributed by atoms with Crippen LogP contribution in [-0.2, 0) is 14.3 Å². The maximum absolute atomic E-state index is 12.2. The average molecular weight is 337 g/mol. The van der Waals surface area contributed by atoms with Crippen molar-refractivity contribution in [1.82, 2.24) is 0 Å². The number of carbonyl (C=O) groups is 2. The highest BCUT2D eigenvalue weighted by molar-refractivity contribution is 5.97. The minimum Gasteiger partial charge on any atom is -0.449 e. The van der Waals surface area contributed by atoms with Gasteiger partial charge in [0.15, 0.2) is 6.10 Å². The van der Waals surface area contributed by atoms with E-state index in [1.807, 2.05) is 63.2 Å². The van der Waals surface area contributed by atoms with E-state index in [2.05, 4.69) is 5.32 Å². The van der Waals surface area contributed by atoms with Crippen molar-refractivity contribution in [3.63, 3.8) is 0 Å². The molecule has 0 saturated heterocycles. The Balaban J connectivity index is 1.92. The van der Waals surface area contributed by atoms with Crippen LogP contribution in [0.4, 0.5) is 5.69 Å². The number of anilines is 1. The van der Waals surface area contributed by atoms with Crippen molar-refractivity contribution < 1.29 is 14.3 Å². The largest absolute Gasteiger partial charge is 0.449 e. The molecule has 0 spiro atoms. The molecule has 1 N–H and O–H groups in total. The van der Waals surface area contributed by atoms with Crippen LogP contribution in [-0.4, -0.2) is 18.0 Å². The second-order valence-corrected chi connectivity index (χ2v) is 6.13. The zero-order valence-electron chi connectivity index (χ0n) is 15.0. The van der Waals surface area contributed by atoms with Gasteiger partial charge in [0.05, 0.1) is 0 Å². The summed E-state index contributed by atoms with van der Waals surface area (Å²) < 4.78 is 5.16. The third-order valence-electron chi connectivity index (χ3n) is 3.80. The summed E-state index contributed by atoms with van der Waals surface area (Å²) in [5.74, 6) is -0.907. The number of benzene rings is 2. The Morgan fingerprint density at radius 3 is 2.32 bits per heavy atom. The van der Waals surface area contributed by atoms with Crippen molar-refractivity contribution >= 4 is 23.6 Å². The molecule has 4 heteroatoms. The van der Waals surface area contributed by atoms with Crippen molar-refractivity contribution in [2.45, 2.75) is 33.8 Å². The minimum absolute atomic E-state index is 0.356. The van der Waals surface area contributed by atoms with Gasteiger partial charge in [-0.05, 0) is 56.5 Å². The maximum Gasteiger partial charge on any atom is 0.331 e. The Labute approximate surface area is 148 Å². The van der Waals surface area contributed by atoms with E-state index in [9.17, 15) is 9.59 Å². The van der Waals surface area contributed by atoms with E-state index in [0.717, 1.165) is 27.9 Å². The molecule has 1 amide bonds. The number of carbonyl (C=O) groups excluding carboxylic acids is 2. The molecule has 0 radical (unpaired) electrons. The van der Waals surface area contributed by atoms with Crippen LogP contribution in [0.25, 0.3) is 6.08 Å². The lowest BCUT2D eigenvalue weighted by Gasteiger charge is -2.14. The number of aryl methyl sites for hydroxylation is 3. The van der Waals surface area contributed by atoms with Gasteiger partial charge in [0, 0.05) is 11.8 Å². The monoisotopic (exact) mass is 337 g/mol. The number of hydrogen-bond donors (Lipinski definition) is 1. The van der Waals surface area contributed by atoms with Crippen LogP contribution in [0.15, 0.2) is 48.5 Å². The second kappa shape index (κ2) is 8.29. The molecule has 1 atom stereocenters. The van der Waals surface area contributed by atoms with E-state index in [1.54, 1.807) is 13.0 Å². The molecule has 0 fully saturated rings. The van der Waals surface area contributed by atoms with Gasteiger partial charge in [0.1, 0.15) is 0 Å². The van der Waals surface area contributed by atoms with Gasteiger partial charge < -0.3 is 10.1 Å². The highest BCUT2D eigenvalue weighted by Gasteiger charge is 2.17. The quantitative estimate of drug-likeness (QED) is 0.657. The molecule has 2 aromatic carbocycles. The molecule has 0 bridgehead atoms. The van der Waals surface area contributed by atoms with Crippen LogP contribution >= 0.6 is 0 Å². The van der Waals surface area contributed by atoms with Gasteiger partial charge in [0.2, 0.25) is 0 Å². The summed E-state index contributed by atoms with van der Waals surface area (Å²) in [7, 11) is 0. The van der Waals surface area contributed by atoms with Crippen LogP contribution in [0, 0.1) is 20.8 Å². The van der Waals surface area contributed by atoms with E-state index in [-0.39, 0.29) is 5.91 Å². The number of rotatable bonds is 5. The van der Waals surface area contributed by atoms with Crippen molar-refractivity contribution in [3.05, 3.63) is 70.8 Å². The Morgan fingerprint density at radius 2 is 1.64 bits per heavy atom. The van der Waals surface area contributed by atoms with E-state index in [1.165, 1.54) is 6.08 Å². The molecule has 2 rings (SSSR count). The van der Waals surface area contributed by atoms with Gasteiger partial charge in [-0.1, -0.05) is 42.0 Å². The number of nitrogens with one attached hydrogen (secondary N) is 1. The Morgan fingerprint density at radius 1 is 1.00 bits per heavy atom. The zero-order chi connectivity index (χ0) is 18.4. The summed E-state index contributed by atoms with van der Waals surface area (Å²) in [5.41, 5.74) is 4.78. The predicted molar refractivity (Wildman–Crippen MR) is 100 cm³/mol. The van der Waals surface area contributed by atoms with Crippen molar-refractivity contribution in [3.8, 4) is 0 Å². The Kier molecular flexibility index (Phi) is 6.12. The zero-order valence-corrected chi connectivity index (χ0v) is 15.0. The summed E-state index contributed by atoms with van der Waals surface area (Å²) in [5, 5.41) is 2.80. The molecule has 2 aromatic rings. The second-order valence-electron chi connectivity index (χ2n) is 6.13. The normalized spacial score (nSPS) is 12.0. The van der Waals surface area contributed by atoms with Gasteiger partial charge in [-0.2, -0.15) is 0 Å². The SMILES string of the molecule is Cc1ccc(/C=C/C(=O)O[C@@H](C)C(=O)Nc2cc(C)ccc2C)cc1. The summed E-state index contributed by atoms with van der Waals surface area (Å²) in [4.78, 5) is 24.1. The number of hydrogen-bond acceptors (Lipinski definition) is 3. The highest BCUT2D eigenvalue weighted by Crippen LogP contribution is 2.17. The third kappa shape index (κ3) is 5.60. The molecule has 0 aliphatic heterocycles. The maximum atomic E-state index is 12.2. The first-order valence-electron chi connectivity index (χ1n) is 8.18. The number of ether oxygens (including phenoxy) is 1. The summed E-state index contributed by atoms with van der Waals surface area (Å²) >= 11 is 0. The Hall–Kier alpha value is -2.88. The first-order valence-corrected chi connectivity index (χ1v) is 8.18. The minimum atomic E-state index is -0.880. The van der Waals surface area contributed by atoms with E-state index in [0.29, 0.717) is 0 Å². The Bertz CT molecular complexity index is 791. The first-order chi connectivity index (χ1) is 11.8. The topological polar surface area (TPSA) is 55.4 Å². The predicted octanol–water partition coefficient (Wildman–Crippen LogP) is 4.20. The molecule has 0 aromatic heterocycles. The lowest BCUT2D eigenvalue weighted by molar-refractivity contribution is -0.148. The van der Waals surface area contributed by atoms with Gasteiger partial charge in [-0.3, -0.25) is 4.79 Å². The highest BCUT2D eigenvalue weighted by atomic mass is 16.5. The van der Waals surface area contributed by atoms with E-state index in [4.69, 9.17) is 4.74 Å². The average Bonchev–Trinajstić information content (AvgIpc) is 2.57. The summed E-state index contributed by atoms with van der Waals surface area (Å²) in [6, 6.07) is 13.6. The van der Waals surface area contributed by atoms with Gasteiger partial charge in [-0.25, -0.2) is 4.79 Å². The summed E-state index contributed by atoms with van der Waals surface area (Å²) in [6.07, 6.45) is 2.11. The molecule has 0 heterocycles. The van der Waals surface area contributed by atoms with E-state index < -0.39 is 12.1 Å². The summed E-state index contributed by atoms with van der Waals surface area (Å²) in [6.45, 7) is 7.42. The fraction of sp³-hybridized carbons (Fsp3) is 0.238. The molecule has 130 valence electrons. The van der Waals surface area contributed by atoms with Crippen LogP contribution in [0.1, 0.15) is 29.2 Å². The van der Waals surface area contributed by atoms with Crippen LogP contribution in [0.5, 0.6) is 0 Å². The van der Waals surface area contributed by atoms with Crippen LogP contribution in [0.3, 0.4) is 0 Å². The molecular formula is C21H23NO3. The van der Waals surface area contributed by atoms with Crippen molar-refractivity contribution in [2.24, 2.45) is 0 Å². The molecule has 0 saturated carbocycles. The van der Waals surface area contributed by atoms with Gasteiger partial charge in [0.25, 0.3) is 5.91 Å². The van der Waals surface area contributed by atoms with Crippen molar-refractivity contribution in [2.75, 3.05) is 5.32 Å². The fourth-order valence-corrected chi connectivity index (χ4v) is 2.21. The first kappa shape index (κ1) is 18.5. The lowest BCUT2D eigenvalue weighted by atomic mass is 10.1. The molecule has 25 heavy (non-hydrogen) atoms. The van der Waals surface area contributed by atoms with Crippen molar-refractivity contribution in [1.29, 1.82) is 0 Å². The molecule has 0 unspecified atom stereocenters. The van der Waals surface area contributed by atoms with Gasteiger partial charge >= 0.3 is 5.97 Å². The molecule has 0 aliphatic carbocycles. The van der Waals surface area contributed by atoms with Gasteiger partial charge in [-0.15, -0.1) is 0 Å². The lowest BCUT2D eigenvalue weighted by Crippen LogP contribution is -2.29. The standard InChI is InChI=1S/C21H23NO3/c1-14-6-9-18(10-7-14)11-12-20(23)25-17(4)21(24)22-19-13-15(2)5-8-16(19)3/h5-13,17H,1-4H3,(H,22,24)/b12-11+/t17-/m0/s1. The third-order valence-corrected chi connectivity index (χ3v) is 3.80. The number of esters is 1. The molecule has 4 nitrogen and oxygen atoms in total. The van der Waals surface area contributed by atoms with Crippen LogP contribution in [0.2, 0.25) is 0 Å². The number of amides is 1. The molecule has 0 aliphatic rings.